The molecule has 0 saturated carbocycles. The molecule has 0 aromatic heterocycles. The highest BCUT2D eigenvalue weighted by molar-refractivity contribution is 5.77. The lowest BCUT2D eigenvalue weighted by molar-refractivity contribution is 0.163. The Kier molecular flexibility index (Phi) is 6.51. The summed E-state index contributed by atoms with van der Waals surface area (Å²) in [5.74, 6) is 1.12. The van der Waals surface area contributed by atoms with Gasteiger partial charge >= 0.3 is 6.03 Å². The standard InChI is InChI=1S/C26H35N3O2/c1-5-28-13-12-27(17-21-8-6-7-9-21)11-10-23-16-20(3)25-22(18-29(23)26(28)30)14-19(2)15-24(25)31-4/h6-8,14-16,20H,5,9-13,17-18H2,1-4H3. The Morgan fingerprint density at radius 2 is 2.03 bits per heavy atom. The summed E-state index contributed by atoms with van der Waals surface area (Å²) in [5, 5.41) is 0. The quantitative estimate of drug-likeness (QED) is 0.698. The summed E-state index contributed by atoms with van der Waals surface area (Å²) in [6.07, 6.45) is 10.8. The molecule has 0 N–H and O–H groups in total. The average molecular weight is 422 g/mol. The number of ether oxygens (including phenoxy) is 1. The molecule has 31 heavy (non-hydrogen) atoms. The van der Waals surface area contributed by atoms with Gasteiger partial charge in [0.15, 0.2) is 0 Å². The van der Waals surface area contributed by atoms with E-state index in [1.165, 1.54) is 22.3 Å². The molecule has 2 amide bonds. The van der Waals surface area contributed by atoms with E-state index in [-0.39, 0.29) is 11.9 Å². The number of nitrogens with zero attached hydrogens (tertiary/aromatic N) is 3. The SMILES string of the molecule is CCN1CCN(CC2=CC=CC2)CCC2=CC(C)c3c(cc(C)cc3OC)CN2C1=O. The minimum absolute atomic E-state index is 0.123. The molecule has 1 aromatic rings. The van der Waals surface area contributed by atoms with Crippen molar-refractivity contribution in [2.24, 2.45) is 0 Å². The van der Waals surface area contributed by atoms with E-state index in [1.807, 2.05) is 9.80 Å². The molecule has 2 heterocycles. The number of likely N-dealkylation sites (N-methyl/N-ethyl adjacent to an activating group) is 1. The number of carbonyl (C=O) groups is 1. The number of benzene rings is 1. The fraction of sp³-hybridized carbons (Fsp3) is 0.500. The van der Waals surface area contributed by atoms with E-state index < -0.39 is 0 Å². The molecule has 0 bridgehead atoms. The number of carbonyl (C=O) groups excluding carboxylic acids is 1. The molecule has 1 fully saturated rings. The molecule has 0 spiro atoms. The summed E-state index contributed by atoms with van der Waals surface area (Å²) < 4.78 is 5.74. The molecule has 2 aliphatic heterocycles. The number of fused-ring (bicyclic) bond motifs is 2. The van der Waals surface area contributed by atoms with Gasteiger partial charge in [-0.2, -0.15) is 0 Å². The number of urea groups is 1. The second kappa shape index (κ2) is 9.31. The fourth-order valence-corrected chi connectivity index (χ4v) is 5.06. The number of methoxy groups -OCH3 is 1. The molecule has 0 radical (unpaired) electrons. The third-order valence-corrected chi connectivity index (χ3v) is 6.69. The molecule has 1 aliphatic carbocycles. The van der Waals surface area contributed by atoms with Crippen LogP contribution in [0.2, 0.25) is 0 Å². The maximum Gasteiger partial charge on any atom is 0.324 e. The molecule has 1 saturated heterocycles. The van der Waals surface area contributed by atoms with Crippen LogP contribution in [-0.2, 0) is 6.54 Å². The lowest BCUT2D eigenvalue weighted by Crippen LogP contribution is -2.43. The summed E-state index contributed by atoms with van der Waals surface area (Å²) >= 11 is 0. The summed E-state index contributed by atoms with van der Waals surface area (Å²) in [4.78, 5) is 20.1. The van der Waals surface area contributed by atoms with Crippen molar-refractivity contribution in [3.63, 3.8) is 0 Å². The summed E-state index contributed by atoms with van der Waals surface area (Å²) in [6, 6.07) is 4.44. The van der Waals surface area contributed by atoms with Gasteiger partial charge in [-0.1, -0.05) is 42.9 Å². The molecule has 4 rings (SSSR count). The van der Waals surface area contributed by atoms with Crippen LogP contribution in [0.5, 0.6) is 5.75 Å². The largest absolute Gasteiger partial charge is 0.496 e. The highest BCUT2D eigenvalue weighted by Crippen LogP contribution is 2.38. The molecule has 5 heteroatoms. The van der Waals surface area contributed by atoms with Gasteiger partial charge in [-0.15, -0.1) is 0 Å². The van der Waals surface area contributed by atoms with Crippen molar-refractivity contribution in [1.82, 2.24) is 14.7 Å². The number of amides is 2. The van der Waals surface area contributed by atoms with Gasteiger partial charge in [0.25, 0.3) is 0 Å². The second-order valence-corrected chi connectivity index (χ2v) is 8.92. The van der Waals surface area contributed by atoms with Gasteiger partial charge in [-0.05, 0) is 37.5 Å². The molecule has 5 nitrogen and oxygen atoms in total. The highest BCUT2D eigenvalue weighted by atomic mass is 16.5. The van der Waals surface area contributed by atoms with E-state index in [0.29, 0.717) is 6.54 Å². The van der Waals surface area contributed by atoms with E-state index in [9.17, 15) is 4.79 Å². The normalized spacial score (nSPS) is 22.1. The van der Waals surface area contributed by atoms with Crippen LogP contribution in [0.15, 0.2) is 47.7 Å². The number of aryl methyl sites for hydroxylation is 1. The molecule has 1 unspecified atom stereocenters. The van der Waals surface area contributed by atoms with Gasteiger partial charge in [0.05, 0.1) is 13.7 Å². The Bertz CT molecular complexity index is 931. The van der Waals surface area contributed by atoms with Gasteiger partial charge in [-0.3, -0.25) is 9.80 Å². The number of rotatable bonds is 4. The summed E-state index contributed by atoms with van der Waals surface area (Å²) in [6.45, 7) is 11.3. The van der Waals surface area contributed by atoms with Crippen molar-refractivity contribution < 1.29 is 9.53 Å². The maximum atomic E-state index is 13.6. The highest BCUT2D eigenvalue weighted by Gasteiger charge is 2.31. The molecule has 1 atom stereocenters. The Balaban J connectivity index is 1.67. The first-order valence-corrected chi connectivity index (χ1v) is 11.5. The van der Waals surface area contributed by atoms with Crippen molar-refractivity contribution in [3.05, 3.63) is 64.4 Å². The predicted octanol–water partition coefficient (Wildman–Crippen LogP) is 4.84. The first-order valence-electron chi connectivity index (χ1n) is 11.5. The van der Waals surface area contributed by atoms with Crippen LogP contribution in [0.1, 0.15) is 49.3 Å². The van der Waals surface area contributed by atoms with Gasteiger partial charge in [0.2, 0.25) is 0 Å². The first-order chi connectivity index (χ1) is 15.0. The fourth-order valence-electron chi connectivity index (χ4n) is 5.06. The van der Waals surface area contributed by atoms with Crippen LogP contribution in [0.25, 0.3) is 0 Å². The monoisotopic (exact) mass is 421 g/mol. The zero-order valence-corrected chi connectivity index (χ0v) is 19.4. The molecule has 166 valence electrons. The van der Waals surface area contributed by atoms with Crippen molar-refractivity contribution in [1.29, 1.82) is 0 Å². The Morgan fingerprint density at radius 3 is 2.74 bits per heavy atom. The van der Waals surface area contributed by atoms with Crippen LogP contribution >= 0.6 is 0 Å². The lowest BCUT2D eigenvalue weighted by Gasteiger charge is -2.30. The van der Waals surface area contributed by atoms with Crippen LogP contribution in [0, 0.1) is 6.92 Å². The van der Waals surface area contributed by atoms with Gasteiger partial charge < -0.3 is 9.64 Å². The van der Waals surface area contributed by atoms with Crippen LogP contribution in [-0.4, -0.2) is 60.6 Å². The first kappa shape index (κ1) is 21.7. The third-order valence-electron chi connectivity index (χ3n) is 6.69. The number of allylic oxidation sites excluding steroid dienone is 4. The van der Waals surface area contributed by atoms with Gasteiger partial charge in [-0.25, -0.2) is 4.79 Å². The zero-order valence-electron chi connectivity index (χ0n) is 19.4. The van der Waals surface area contributed by atoms with Crippen molar-refractivity contribution in [2.75, 3.05) is 39.8 Å². The topological polar surface area (TPSA) is 36.0 Å². The van der Waals surface area contributed by atoms with E-state index in [4.69, 9.17) is 4.74 Å². The predicted molar refractivity (Wildman–Crippen MR) is 125 cm³/mol. The Hall–Kier alpha value is -2.53. The van der Waals surface area contributed by atoms with Crippen LogP contribution < -0.4 is 4.74 Å². The van der Waals surface area contributed by atoms with Gasteiger partial charge in [0.1, 0.15) is 5.75 Å². The van der Waals surface area contributed by atoms with Crippen LogP contribution in [0.3, 0.4) is 0 Å². The number of hydrogen-bond donors (Lipinski definition) is 0. The molecule has 3 aliphatic rings. The van der Waals surface area contributed by atoms with Crippen molar-refractivity contribution >= 4 is 6.03 Å². The van der Waals surface area contributed by atoms with Crippen molar-refractivity contribution in [2.45, 2.75) is 46.1 Å². The van der Waals surface area contributed by atoms with Crippen LogP contribution in [0.4, 0.5) is 4.79 Å². The van der Waals surface area contributed by atoms with Crippen molar-refractivity contribution in [3.8, 4) is 5.75 Å². The Morgan fingerprint density at radius 1 is 1.19 bits per heavy atom. The molecular formula is C26H35N3O2. The maximum absolute atomic E-state index is 13.6. The lowest BCUT2D eigenvalue weighted by atomic mass is 9.93. The summed E-state index contributed by atoms with van der Waals surface area (Å²) in [5.41, 5.74) is 6.16. The van der Waals surface area contributed by atoms with Gasteiger partial charge in [0, 0.05) is 56.3 Å². The number of hydrogen-bond acceptors (Lipinski definition) is 3. The zero-order chi connectivity index (χ0) is 22.0. The smallest absolute Gasteiger partial charge is 0.324 e. The average Bonchev–Trinajstić information content (AvgIpc) is 3.23. The third kappa shape index (κ3) is 4.57. The Labute approximate surface area is 186 Å². The summed E-state index contributed by atoms with van der Waals surface area (Å²) in [7, 11) is 1.74. The van der Waals surface area contributed by atoms with E-state index in [0.717, 1.165) is 57.0 Å². The minimum Gasteiger partial charge on any atom is -0.496 e. The van der Waals surface area contributed by atoms with E-state index in [2.05, 4.69) is 62.1 Å². The minimum atomic E-state index is 0.123. The van der Waals surface area contributed by atoms with E-state index in [1.54, 1.807) is 7.11 Å². The van der Waals surface area contributed by atoms with E-state index >= 15 is 0 Å². The molecule has 1 aromatic carbocycles. The molecular weight excluding hydrogens is 386 g/mol. The second-order valence-electron chi connectivity index (χ2n) is 8.92.